The van der Waals surface area contributed by atoms with Crippen LogP contribution < -0.4 is 10.2 Å². The fraction of sp³-hybridized carbons (Fsp3) is 0.682. The van der Waals surface area contributed by atoms with Gasteiger partial charge in [0.05, 0.1) is 0 Å². The topological polar surface area (TPSA) is 35.6 Å². The molecule has 2 aliphatic heterocycles. The third-order valence-electron chi connectivity index (χ3n) is 6.17. The van der Waals surface area contributed by atoms with Gasteiger partial charge in [0.1, 0.15) is 0 Å². The third kappa shape index (κ3) is 4.29. The number of benzene rings is 1. The van der Waals surface area contributed by atoms with E-state index in [1.807, 2.05) is 0 Å². The van der Waals surface area contributed by atoms with Crippen molar-refractivity contribution in [2.45, 2.75) is 58.9 Å². The maximum Gasteiger partial charge on any atom is 0.230 e. The number of carbonyl (C=O) groups is 1. The van der Waals surface area contributed by atoms with Gasteiger partial charge in [-0.05, 0) is 56.2 Å². The molecular formula is C22H35N3O. The van der Waals surface area contributed by atoms with Crippen LogP contribution in [0, 0.1) is 5.92 Å². The largest absolute Gasteiger partial charge is 0.314 e. The summed E-state index contributed by atoms with van der Waals surface area (Å²) >= 11 is 0. The Labute approximate surface area is 158 Å². The average Bonchev–Trinajstić information content (AvgIpc) is 2.68. The Balaban J connectivity index is 1.72. The van der Waals surface area contributed by atoms with Crippen LogP contribution in [0.1, 0.15) is 51.2 Å². The van der Waals surface area contributed by atoms with Gasteiger partial charge in [-0.25, -0.2) is 0 Å². The van der Waals surface area contributed by atoms with Gasteiger partial charge in [0.15, 0.2) is 0 Å². The van der Waals surface area contributed by atoms with Crippen LogP contribution in [0.4, 0.5) is 5.69 Å². The Morgan fingerprint density at radius 1 is 1.15 bits per heavy atom. The third-order valence-corrected chi connectivity index (χ3v) is 6.17. The Morgan fingerprint density at radius 3 is 2.58 bits per heavy atom. The van der Waals surface area contributed by atoms with Gasteiger partial charge in [-0.1, -0.05) is 26.0 Å². The van der Waals surface area contributed by atoms with E-state index in [4.69, 9.17) is 0 Å². The van der Waals surface area contributed by atoms with Gasteiger partial charge in [0, 0.05) is 50.4 Å². The molecule has 26 heavy (non-hydrogen) atoms. The minimum atomic E-state index is 0.161. The lowest BCUT2D eigenvalue weighted by Crippen LogP contribution is -2.48. The minimum absolute atomic E-state index is 0.161. The number of fused-ring (bicyclic) bond motifs is 1. The highest BCUT2D eigenvalue weighted by Crippen LogP contribution is 2.30. The number of aryl methyl sites for hydroxylation is 1. The van der Waals surface area contributed by atoms with Crippen LogP contribution in [0.25, 0.3) is 0 Å². The fourth-order valence-electron chi connectivity index (χ4n) is 4.46. The van der Waals surface area contributed by atoms with Gasteiger partial charge in [0.2, 0.25) is 5.91 Å². The maximum atomic E-state index is 12.9. The van der Waals surface area contributed by atoms with E-state index in [0.717, 1.165) is 70.5 Å². The summed E-state index contributed by atoms with van der Waals surface area (Å²) in [5.41, 5.74) is 3.93. The Hall–Kier alpha value is -1.39. The molecule has 0 aliphatic carbocycles. The molecule has 4 heteroatoms. The van der Waals surface area contributed by atoms with Crippen molar-refractivity contribution >= 4 is 11.6 Å². The summed E-state index contributed by atoms with van der Waals surface area (Å²) in [6.45, 7) is 11.9. The van der Waals surface area contributed by atoms with E-state index in [0.29, 0.717) is 11.9 Å². The highest BCUT2D eigenvalue weighted by atomic mass is 16.2. The molecule has 1 amide bonds. The Morgan fingerprint density at radius 2 is 1.88 bits per heavy atom. The maximum absolute atomic E-state index is 12.9. The highest BCUT2D eigenvalue weighted by Gasteiger charge is 2.27. The smallest absolute Gasteiger partial charge is 0.230 e. The molecule has 0 bridgehead atoms. The summed E-state index contributed by atoms with van der Waals surface area (Å²) in [4.78, 5) is 17.5. The molecule has 2 aliphatic rings. The summed E-state index contributed by atoms with van der Waals surface area (Å²) in [6.07, 6.45) is 5.13. The van der Waals surface area contributed by atoms with Gasteiger partial charge in [-0.2, -0.15) is 0 Å². The SMILES string of the molecule is CCC(CC)C(=O)N1CCCc2cc(CC(C)N3CCNCC3)ccc21. The van der Waals surface area contributed by atoms with Crippen molar-refractivity contribution in [3.8, 4) is 0 Å². The molecule has 0 aromatic heterocycles. The molecule has 1 unspecified atom stereocenters. The molecule has 4 nitrogen and oxygen atoms in total. The highest BCUT2D eigenvalue weighted by molar-refractivity contribution is 5.96. The Kier molecular flexibility index (Phi) is 6.71. The molecule has 1 N–H and O–H groups in total. The van der Waals surface area contributed by atoms with Crippen molar-refractivity contribution in [2.75, 3.05) is 37.6 Å². The molecule has 1 aromatic rings. The van der Waals surface area contributed by atoms with E-state index in [2.05, 4.69) is 54.1 Å². The van der Waals surface area contributed by atoms with Crippen LogP contribution in [0.2, 0.25) is 0 Å². The standard InChI is InChI=1S/C22H35N3O/c1-4-19(5-2)22(26)25-12-6-7-20-16-18(8-9-21(20)25)15-17(3)24-13-10-23-11-14-24/h8-9,16-17,19,23H,4-7,10-15H2,1-3H3. The van der Waals surface area contributed by atoms with E-state index >= 15 is 0 Å². The van der Waals surface area contributed by atoms with Crippen LogP contribution in [-0.4, -0.2) is 49.6 Å². The molecule has 0 radical (unpaired) electrons. The molecule has 3 rings (SSSR count). The summed E-state index contributed by atoms with van der Waals surface area (Å²) in [7, 11) is 0. The van der Waals surface area contributed by atoms with Crippen LogP contribution in [-0.2, 0) is 17.6 Å². The molecule has 0 spiro atoms. The van der Waals surface area contributed by atoms with Gasteiger partial charge in [-0.15, -0.1) is 0 Å². The van der Waals surface area contributed by atoms with Gasteiger partial charge in [-0.3, -0.25) is 9.69 Å². The Bertz CT molecular complexity index is 605. The molecule has 0 saturated carbocycles. The quantitative estimate of drug-likeness (QED) is 0.849. The second kappa shape index (κ2) is 9.01. The fourth-order valence-corrected chi connectivity index (χ4v) is 4.46. The second-order valence-corrected chi connectivity index (χ2v) is 7.91. The number of amides is 1. The van der Waals surface area contributed by atoms with Crippen LogP contribution >= 0.6 is 0 Å². The number of anilines is 1. The van der Waals surface area contributed by atoms with E-state index in [9.17, 15) is 4.79 Å². The first-order valence-electron chi connectivity index (χ1n) is 10.5. The van der Waals surface area contributed by atoms with Crippen LogP contribution in [0.5, 0.6) is 0 Å². The molecular weight excluding hydrogens is 322 g/mol. The van der Waals surface area contributed by atoms with Crippen LogP contribution in [0.3, 0.4) is 0 Å². The lowest BCUT2D eigenvalue weighted by molar-refractivity contribution is -0.122. The molecule has 1 saturated heterocycles. The zero-order valence-electron chi connectivity index (χ0n) is 16.8. The van der Waals surface area contributed by atoms with E-state index < -0.39 is 0 Å². The molecule has 1 aromatic carbocycles. The number of rotatable bonds is 6. The number of nitrogens with zero attached hydrogens (tertiary/aromatic N) is 2. The zero-order chi connectivity index (χ0) is 18.5. The summed E-state index contributed by atoms with van der Waals surface area (Å²) in [5.74, 6) is 0.478. The molecule has 1 atom stereocenters. The minimum Gasteiger partial charge on any atom is -0.314 e. The van der Waals surface area contributed by atoms with E-state index in [-0.39, 0.29) is 5.92 Å². The zero-order valence-corrected chi connectivity index (χ0v) is 16.8. The van der Waals surface area contributed by atoms with Crippen molar-refractivity contribution in [3.05, 3.63) is 29.3 Å². The van der Waals surface area contributed by atoms with Crippen molar-refractivity contribution in [1.82, 2.24) is 10.2 Å². The first kappa shape index (κ1) is 19.4. The monoisotopic (exact) mass is 357 g/mol. The van der Waals surface area contributed by atoms with Gasteiger partial charge >= 0.3 is 0 Å². The number of nitrogens with one attached hydrogen (secondary N) is 1. The van der Waals surface area contributed by atoms with Crippen molar-refractivity contribution in [3.63, 3.8) is 0 Å². The molecule has 144 valence electrons. The number of hydrogen-bond donors (Lipinski definition) is 1. The number of hydrogen-bond acceptors (Lipinski definition) is 3. The number of piperazine rings is 1. The summed E-state index contributed by atoms with van der Waals surface area (Å²) in [6, 6.07) is 7.38. The second-order valence-electron chi connectivity index (χ2n) is 7.91. The lowest BCUT2D eigenvalue weighted by Gasteiger charge is -2.34. The lowest BCUT2D eigenvalue weighted by atomic mass is 9.94. The first-order valence-corrected chi connectivity index (χ1v) is 10.5. The average molecular weight is 358 g/mol. The van der Waals surface area contributed by atoms with E-state index in [1.165, 1.54) is 11.1 Å². The summed E-state index contributed by atoms with van der Waals surface area (Å²) < 4.78 is 0. The van der Waals surface area contributed by atoms with Crippen molar-refractivity contribution in [1.29, 1.82) is 0 Å². The predicted molar refractivity (Wildman–Crippen MR) is 109 cm³/mol. The van der Waals surface area contributed by atoms with Crippen LogP contribution in [0.15, 0.2) is 18.2 Å². The van der Waals surface area contributed by atoms with Crippen molar-refractivity contribution < 1.29 is 4.79 Å². The van der Waals surface area contributed by atoms with Gasteiger partial charge in [0.25, 0.3) is 0 Å². The van der Waals surface area contributed by atoms with Crippen molar-refractivity contribution in [2.24, 2.45) is 5.92 Å². The van der Waals surface area contributed by atoms with Gasteiger partial charge < -0.3 is 10.2 Å². The molecule has 2 heterocycles. The first-order chi connectivity index (χ1) is 12.6. The summed E-state index contributed by atoms with van der Waals surface area (Å²) in [5, 5.41) is 3.43. The predicted octanol–water partition coefficient (Wildman–Crippen LogP) is 3.24. The normalized spacial score (nSPS) is 19.5. The molecule has 1 fully saturated rings. The van der Waals surface area contributed by atoms with E-state index in [1.54, 1.807) is 0 Å². The number of carbonyl (C=O) groups excluding carboxylic acids is 1.